The number of aryl methyl sites for hydroxylation is 2. The first-order valence-electron chi connectivity index (χ1n) is 7.30. The zero-order valence-electron chi connectivity index (χ0n) is 12.9. The van der Waals surface area contributed by atoms with Gasteiger partial charge in [-0.25, -0.2) is 9.50 Å². The van der Waals surface area contributed by atoms with E-state index in [9.17, 15) is 4.79 Å². The number of amides is 1. The molecule has 0 aliphatic carbocycles. The fourth-order valence-electron chi connectivity index (χ4n) is 2.55. The van der Waals surface area contributed by atoms with Crippen molar-refractivity contribution in [1.29, 1.82) is 0 Å². The van der Waals surface area contributed by atoms with Gasteiger partial charge in [0, 0.05) is 24.0 Å². The van der Waals surface area contributed by atoms with Gasteiger partial charge in [0.25, 0.3) is 5.91 Å². The third-order valence-corrected chi connectivity index (χ3v) is 3.63. The molecule has 0 aliphatic heterocycles. The van der Waals surface area contributed by atoms with Gasteiger partial charge in [-0.15, -0.1) is 0 Å². The quantitative estimate of drug-likeness (QED) is 0.746. The number of benzene rings is 1. The second kappa shape index (κ2) is 5.60. The van der Waals surface area contributed by atoms with Crippen LogP contribution in [0, 0.1) is 13.8 Å². The fraction of sp³-hybridized carbons (Fsp3) is 0.235. The first kappa shape index (κ1) is 14.3. The van der Waals surface area contributed by atoms with E-state index in [0.717, 1.165) is 16.9 Å². The van der Waals surface area contributed by atoms with E-state index in [-0.39, 0.29) is 5.91 Å². The summed E-state index contributed by atoms with van der Waals surface area (Å²) in [6, 6.07) is 11.5. The Bertz CT molecular complexity index is 838. The van der Waals surface area contributed by atoms with Crippen LogP contribution >= 0.6 is 0 Å². The van der Waals surface area contributed by atoms with Crippen molar-refractivity contribution < 1.29 is 4.79 Å². The second-order valence-corrected chi connectivity index (χ2v) is 5.27. The van der Waals surface area contributed by atoms with Crippen LogP contribution in [0.2, 0.25) is 0 Å². The Morgan fingerprint density at radius 3 is 2.77 bits per heavy atom. The third kappa shape index (κ3) is 2.45. The average molecular weight is 294 g/mol. The van der Waals surface area contributed by atoms with E-state index in [4.69, 9.17) is 0 Å². The van der Waals surface area contributed by atoms with Gasteiger partial charge in [0.05, 0.1) is 6.20 Å². The largest absolute Gasteiger partial charge is 0.307 e. The molecule has 0 unspecified atom stereocenters. The molecule has 0 atom stereocenters. The van der Waals surface area contributed by atoms with Crippen LogP contribution in [0.3, 0.4) is 0 Å². The first-order valence-corrected chi connectivity index (χ1v) is 7.30. The normalized spacial score (nSPS) is 10.9. The van der Waals surface area contributed by atoms with Crippen molar-refractivity contribution in [2.45, 2.75) is 20.8 Å². The number of aromatic nitrogens is 3. The van der Waals surface area contributed by atoms with Crippen molar-refractivity contribution in [3.63, 3.8) is 0 Å². The number of anilines is 1. The van der Waals surface area contributed by atoms with Crippen molar-refractivity contribution >= 4 is 17.2 Å². The maximum absolute atomic E-state index is 12.8. The van der Waals surface area contributed by atoms with Crippen LogP contribution in [0.25, 0.3) is 5.65 Å². The molecular formula is C17H18N4O. The summed E-state index contributed by atoms with van der Waals surface area (Å²) >= 11 is 0. The number of rotatable bonds is 3. The van der Waals surface area contributed by atoms with Crippen LogP contribution < -0.4 is 4.90 Å². The van der Waals surface area contributed by atoms with Crippen LogP contribution in [-0.2, 0) is 0 Å². The van der Waals surface area contributed by atoms with Crippen molar-refractivity contribution in [2.24, 2.45) is 0 Å². The van der Waals surface area contributed by atoms with Gasteiger partial charge in [0.1, 0.15) is 5.69 Å². The molecule has 1 amide bonds. The maximum atomic E-state index is 12.8. The Labute approximate surface area is 129 Å². The van der Waals surface area contributed by atoms with E-state index in [1.54, 1.807) is 27.7 Å². The lowest BCUT2D eigenvalue weighted by atomic mass is 10.2. The Balaban J connectivity index is 2.02. The highest BCUT2D eigenvalue weighted by Crippen LogP contribution is 2.18. The van der Waals surface area contributed by atoms with Gasteiger partial charge in [-0.1, -0.05) is 12.1 Å². The number of hydrogen-bond acceptors (Lipinski definition) is 3. The highest BCUT2D eigenvalue weighted by molar-refractivity contribution is 6.05. The number of fused-ring (bicyclic) bond motifs is 1. The molecule has 0 saturated heterocycles. The molecule has 0 N–H and O–H groups in total. The van der Waals surface area contributed by atoms with Crippen LogP contribution in [0.15, 0.2) is 42.6 Å². The highest BCUT2D eigenvalue weighted by Gasteiger charge is 2.19. The van der Waals surface area contributed by atoms with E-state index in [2.05, 4.69) is 10.1 Å². The minimum atomic E-state index is -0.0973. The maximum Gasteiger partial charge on any atom is 0.277 e. The van der Waals surface area contributed by atoms with Crippen molar-refractivity contribution in [2.75, 3.05) is 11.4 Å². The van der Waals surface area contributed by atoms with Gasteiger partial charge in [-0.05, 0) is 44.5 Å². The number of carbonyl (C=O) groups excluding carboxylic acids is 1. The summed E-state index contributed by atoms with van der Waals surface area (Å²) in [5.74, 6) is -0.0973. The Morgan fingerprint density at radius 2 is 2.05 bits per heavy atom. The molecule has 5 heteroatoms. The SMILES string of the molecule is CCN(C(=O)c1cc(C)n2nccc2n1)c1cccc(C)c1. The van der Waals surface area contributed by atoms with Gasteiger partial charge in [-0.3, -0.25) is 4.79 Å². The van der Waals surface area contributed by atoms with E-state index in [1.807, 2.05) is 45.0 Å². The van der Waals surface area contributed by atoms with Gasteiger partial charge in [0.15, 0.2) is 5.65 Å². The molecule has 5 nitrogen and oxygen atoms in total. The summed E-state index contributed by atoms with van der Waals surface area (Å²) in [5.41, 5.74) is 4.02. The van der Waals surface area contributed by atoms with E-state index in [0.29, 0.717) is 17.9 Å². The summed E-state index contributed by atoms with van der Waals surface area (Å²) in [7, 11) is 0. The molecule has 2 aromatic heterocycles. The van der Waals surface area contributed by atoms with Crippen LogP contribution in [0.5, 0.6) is 0 Å². The molecule has 1 aromatic carbocycles. The minimum Gasteiger partial charge on any atom is -0.307 e. The molecule has 0 radical (unpaired) electrons. The Kier molecular flexibility index (Phi) is 3.63. The molecule has 0 aliphatic rings. The molecular weight excluding hydrogens is 276 g/mol. The minimum absolute atomic E-state index is 0.0973. The summed E-state index contributed by atoms with van der Waals surface area (Å²) in [5, 5.41) is 4.18. The van der Waals surface area contributed by atoms with E-state index < -0.39 is 0 Å². The number of carbonyl (C=O) groups is 1. The van der Waals surface area contributed by atoms with Crippen molar-refractivity contribution in [1.82, 2.24) is 14.6 Å². The van der Waals surface area contributed by atoms with Crippen LogP contribution in [0.1, 0.15) is 28.7 Å². The summed E-state index contributed by atoms with van der Waals surface area (Å²) in [4.78, 5) is 19.0. The number of hydrogen-bond donors (Lipinski definition) is 0. The van der Waals surface area contributed by atoms with Gasteiger partial charge >= 0.3 is 0 Å². The topological polar surface area (TPSA) is 50.5 Å². The van der Waals surface area contributed by atoms with Crippen molar-refractivity contribution in [3.8, 4) is 0 Å². The summed E-state index contributed by atoms with van der Waals surface area (Å²) < 4.78 is 1.72. The Hall–Kier alpha value is -2.69. The average Bonchev–Trinajstić information content (AvgIpc) is 2.97. The molecule has 0 fully saturated rings. The zero-order chi connectivity index (χ0) is 15.7. The lowest BCUT2D eigenvalue weighted by Crippen LogP contribution is -2.31. The highest BCUT2D eigenvalue weighted by atomic mass is 16.2. The number of nitrogens with zero attached hydrogens (tertiary/aromatic N) is 4. The van der Waals surface area contributed by atoms with Crippen LogP contribution in [-0.4, -0.2) is 27.0 Å². The summed E-state index contributed by atoms with van der Waals surface area (Å²) in [6.45, 7) is 6.49. The fourth-order valence-corrected chi connectivity index (χ4v) is 2.55. The van der Waals surface area contributed by atoms with E-state index in [1.165, 1.54) is 0 Å². The Morgan fingerprint density at radius 1 is 1.23 bits per heavy atom. The first-order chi connectivity index (χ1) is 10.6. The lowest BCUT2D eigenvalue weighted by Gasteiger charge is -2.21. The van der Waals surface area contributed by atoms with Gasteiger partial charge < -0.3 is 4.90 Å². The molecule has 0 bridgehead atoms. The zero-order valence-corrected chi connectivity index (χ0v) is 12.9. The molecule has 0 spiro atoms. The van der Waals surface area contributed by atoms with Crippen LogP contribution in [0.4, 0.5) is 5.69 Å². The molecule has 22 heavy (non-hydrogen) atoms. The predicted molar refractivity (Wildman–Crippen MR) is 86.3 cm³/mol. The standard InChI is InChI=1S/C17H18N4O/c1-4-20(14-7-5-6-12(2)10-14)17(22)15-11-13(3)21-16(19-15)8-9-18-21/h5-11H,4H2,1-3H3. The predicted octanol–water partition coefficient (Wildman–Crippen LogP) is 3.01. The summed E-state index contributed by atoms with van der Waals surface area (Å²) in [6.07, 6.45) is 1.68. The lowest BCUT2D eigenvalue weighted by molar-refractivity contribution is 0.0983. The third-order valence-electron chi connectivity index (χ3n) is 3.63. The van der Waals surface area contributed by atoms with Gasteiger partial charge in [-0.2, -0.15) is 5.10 Å². The molecule has 112 valence electrons. The van der Waals surface area contributed by atoms with Gasteiger partial charge in [0.2, 0.25) is 0 Å². The molecule has 3 rings (SSSR count). The second-order valence-electron chi connectivity index (χ2n) is 5.27. The molecule has 0 saturated carbocycles. The molecule has 3 aromatic rings. The van der Waals surface area contributed by atoms with Crippen molar-refractivity contribution in [3.05, 3.63) is 59.5 Å². The smallest absolute Gasteiger partial charge is 0.277 e. The monoisotopic (exact) mass is 294 g/mol. The molecule has 2 heterocycles. The van der Waals surface area contributed by atoms with E-state index >= 15 is 0 Å².